The minimum Gasteiger partial charge on any atom is -0.279 e. The van der Waals surface area contributed by atoms with Crippen LogP contribution in [0, 0.1) is 10.1 Å². The maximum Gasteiger partial charge on any atom is 0.269 e. The molecular formula is C15H15N3O2. The third kappa shape index (κ3) is 3.91. The van der Waals surface area contributed by atoms with E-state index in [4.69, 9.17) is 0 Å². The van der Waals surface area contributed by atoms with Gasteiger partial charge in [0.2, 0.25) is 0 Å². The van der Waals surface area contributed by atoms with Crippen LogP contribution >= 0.6 is 0 Å². The van der Waals surface area contributed by atoms with Crippen molar-refractivity contribution in [1.29, 1.82) is 0 Å². The predicted molar refractivity (Wildman–Crippen MR) is 80.0 cm³/mol. The highest BCUT2D eigenvalue weighted by molar-refractivity contribution is 5.84. The van der Waals surface area contributed by atoms with Gasteiger partial charge in [0.15, 0.2) is 0 Å². The topological polar surface area (TPSA) is 67.5 Å². The summed E-state index contributed by atoms with van der Waals surface area (Å²) < 4.78 is 0. The zero-order chi connectivity index (χ0) is 14.4. The monoisotopic (exact) mass is 269 g/mol. The van der Waals surface area contributed by atoms with Crippen LogP contribution < -0.4 is 5.43 Å². The van der Waals surface area contributed by atoms with Crippen LogP contribution in [0.25, 0.3) is 0 Å². The van der Waals surface area contributed by atoms with Gasteiger partial charge in [-0.15, -0.1) is 0 Å². The number of non-ortho nitro benzene ring substituents is 1. The first-order valence-corrected chi connectivity index (χ1v) is 6.23. The highest BCUT2D eigenvalue weighted by Gasteiger charge is 2.03. The molecule has 0 aliphatic rings. The molecule has 0 aromatic heterocycles. The second-order valence-corrected chi connectivity index (χ2v) is 4.43. The summed E-state index contributed by atoms with van der Waals surface area (Å²) in [7, 11) is 0. The summed E-state index contributed by atoms with van der Waals surface area (Å²) in [6.45, 7) is 1.94. The van der Waals surface area contributed by atoms with Gasteiger partial charge in [-0.25, -0.2) is 0 Å². The van der Waals surface area contributed by atoms with Crippen molar-refractivity contribution in [2.24, 2.45) is 5.10 Å². The Balaban J connectivity index is 1.96. The number of hydrazone groups is 1. The van der Waals surface area contributed by atoms with Crippen molar-refractivity contribution in [2.45, 2.75) is 13.3 Å². The predicted octanol–water partition coefficient (Wildman–Crippen LogP) is 3.63. The second kappa shape index (κ2) is 6.47. The van der Waals surface area contributed by atoms with E-state index in [1.54, 1.807) is 12.1 Å². The average molecular weight is 269 g/mol. The lowest BCUT2D eigenvalue weighted by Crippen LogP contribution is -2.01. The first kappa shape index (κ1) is 13.7. The van der Waals surface area contributed by atoms with Gasteiger partial charge in [-0.05, 0) is 24.6 Å². The Bertz CT molecular complexity index is 607. The van der Waals surface area contributed by atoms with E-state index < -0.39 is 4.92 Å². The summed E-state index contributed by atoms with van der Waals surface area (Å²) in [6.07, 6.45) is 0.765. The van der Waals surface area contributed by atoms with Gasteiger partial charge in [0.05, 0.1) is 10.6 Å². The van der Waals surface area contributed by atoms with E-state index in [2.05, 4.69) is 10.5 Å². The summed E-state index contributed by atoms with van der Waals surface area (Å²) in [5, 5.41) is 14.8. The number of hydrogen-bond acceptors (Lipinski definition) is 4. The number of anilines is 1. The molecule has 2 rings (SSSR count). The third-order valence-electron chi connectivity index (χ3n) is 2.76. The number of nitro benzene ring substituents is 1. The molecule has 0 saturated carbocycles. The van der Waals surface area contributed by atoms with Crippen molar-refractivity contribution < 1.29 is 4.92 Å². The molecule has 0 atom stereocenters. The van der Waals surface area contributed by atoms with Crippen LogP contribution in [0.4, 0.5) is 11.4 Å². The van der Waals surface area contributed by atoms with E-state index in [-0.39, 0.29) is 5.69 Å². The first-order valence-electron chi connectivity index (χ1n) is 6.23. The molecule has 102 valence electrons. The minimum atomic E-state index is -0.423. The molecule has 2 aromatic carbocycles. The Hall–Kier alpha value is -2.69. The summed E-state index contributed by atoms with van der Waals surface area (Å²) >= 11 is 0. The van der Waals surface area contributed by atoms with Gasteiger partial charge in [0, 0.05) is 24.3 Å². The molecule has 0 bridgehead atoms. The van der Waals surface area contributed by atoms with Gasteiger partial charge in [-0.2, -0.15) is 5.10 Å². The zero-order valence-electron chi connectivity index (χ0n) is 11.1. The first-order chi connectivity index (χ1) is 9.65. The Morgan fingerprint density at radius 2 is 1.80 bits per heavy atom. The number of nitrogens with one attached hydrogen (secondary N) is 1. The summed E-state index contributed by atoms with van der Waals surface area (Å²) in [5.41, 5.74) is 5.82. The Kier molecular flexibility index (Phi) is 4.44. The fraction of sp³-hybridized carbons (Fsp3) is 0.133. The van der Waals surface area contributed by atoms with E-state index in [9.17, 15) is 10.1 Å². The van der Waals surface area contributed by atoms with Gasteiger partial charge in [0.1, 0.15) is 0 Å². The number of nitrogens with zero attached hydrogens (tertiary/aromatic N) is 2. The van der Waals surface area contributed by atoms with E-state index in [0.29, 0.717) is 0 Å². The standard InChI is InChI=1S/C15H15N3O2/c1-12(11-13-5-3-2-4-6-13)16-17-14-7-9-15(10-8-14)18(19)20/h2-10,17H,11H2,1H3. The Morgan fingerprint density at radius 1 is 1.15 bits per heavy atom. The van der Waals surface area contributed by atoms with Gasteiger partial charge >= 0.3 is 0 Å². The highest BCUT2D eigenvalue weighted by atomic mass is 16.6. The van der Waals surface area contributed by atoms with Crippen molar-refractivity contribution in [3.05, 3.63) is 70.3 Å². The zero-order valence-corrected chi connectivity index (χ0v) is 11.1. The van der Waals surface area contributed by atoms with Crippen molar-refractivity contribution in [1.82, 2.24) is 0 Å². The largest absolute Gasteiger partial charge is 0.279 e. The van der Waals surface area contributed by atoms with Gasteiger partial charge in [-0.1, -0.05) is 30.3 Å². The van der Waals surface area contributed by atoms with Crippen molar-refractivity contribution in [3.63, 3.8) is 0 Å². The van der Waals surface area contributed by atoms with E-state index in [1.807, 2.05) is 37.3 Å². The van der Waals surface area contributed by atoms with Crippen molar-refractivity contribution in [3.8, 4) is 0 Å². The molecule has 0 amide bonds. The quantitative estimate of drug-likeness (QED) is 0.512. The van der Waals surface area contributed by atoms with Crippen LogP contribution in [0.1, 0.15) is 12.5 Å². The normalized spacial score (nSPS) is 11.2. The molecule has 0 unspecified atom stereocenters. The second-order valence-electron chi connectivity index (χ2n) is 4.43. The molecule has 0 heterocycles. The summed E-state index contributed by atoms with van der Waals surface area (Å²) in [4.78, 5) is 10.1. The lowest BCUT2D eigenvalue weighted by Gasteiger charge is -2.03. The Morgan fingerprint density at radius 3 is 2.40 bits per heavy atom. The lowest BCUT2D eigenvalue weighted by atomic mass is 10.1. The smallest absolute Gasteiger partial charge is 0.269 e. The van der Waals surface area contributed by atoms with E-state index in [0.717, 1.165) is 17.8 Å². The number of benzene rings is 2. The third-order valence-corrected chi connectivity index (χ3v) is 2.76. The maximum atomic E-state index is 10.5. The molecule has 1 N–H and O–H groups in total. The van der Waals surface area contributed by atoms with Gasteiger partial charge in [-0.3, -0.25) is 15.5 Å². The van der Waals surface area contributed by atoms with Crippen molar-refractivity contribution >= 4 is 17.1 Å². The minimum absolute atomic E-state index is 0.0699. The van der Waals surface area contributed by atoms with Crippen LogP contribution in [-0.2, 0) is 6.42 Å². The molecule has 0 fully saturated rings. The molecule has 20 heavy (non-hydrogen) atoms. The summed E-state index contributed by atoms with van der Waals surface area (Å²) in [6, 6.07) is 16.2. The number of hydrogen-bond donors (Lipinski definition) is 1. The fourth-order valence-corrected chi connectivity index (χ4v) is 1.75. The van der Waals surface area contributed by atoms with Crippen LogP contribution in [-0.4, -0.2) is 10.6 Å². The molecule has 0 radical (unpaired) electrons. The number of rotatable bonds is 5. The van der Waals surface area contributed by atoms with E-state index in [1.165, 1.54) is 17.7 Å². The molecule has 0 aliphatic carbocycles. The molecule has 0 aliphatic heterocycles. The molecular weight excluding hydrogens is 254 g/mol. The van der Waals surface area contributed by atoms with Crippen LogP contribution in [0.2, 0.25) is 0 Å². The fourth-order valence-electron chi connectivity index (χ4n) is 1.75. The molecule has 2 aromatic rings. The van der Waals surface area contributed by atoms with Gasteiger partial charge < -0.3 is 0 Å². The molecule has 5 heteroatoms. The summed E-state index contributed by atoms with van der Waals surface area (Å²) in [5.74, 6) is 0. The average Bonchev–Trinajstić information content (AvgIpc) is 2.46. The van der Waals surface area contributed by atoms with Crippen LogP contribution in [0.5, 0.6) is 0 Å². The van der Waals surface area contributed by atoms with Crippen LogP contribution in [0.15, 0.2) is 59.7 Å². The van der Waals surface area contributed by atoms with Crippen molar-refractivity contribution in [2.75, 3.05) is 5.43 Å². The molecule has 5 nitrogen and oxygen atoms in total. The highest BCUT2D eigenvalue weighted by Crippen LogP contribution is 2.15. The van der Waals surface area contributed by atoms with Crippen LogP contribution in [0.3, 0.4) is 0 Å². The maximum absolute atomic E-state index is 10.5. The van der Waals surface area contributed by atoms with E-state index >= 15 is 0 Å². The molecule has 0 spiro atoms. The van der Waals surface area contributed by atoms with Gasteiger partial charge in [0.25, 0.3) is 5.69 Å². The Labute approximate surface area is 117 Å². The lowest BCUT2D eigenvalue weighted by molar-refractivity contribution is -0.384. The molecule has 0 saturated heterocycles. The number of nitro groups is 1. The SMILES string of the molecule is CC(Cc1ccccc1)=NNc1ccc([N+](=O)[O-])cc1.